The van der Waals surface area contributed by atoms with Crippen molar-refractivity contribution >= 4 is 22.8 Å². The van der Waals surface area contributed by atoms with E-state index in [0.717, 1.165) is 29.4 Å². The summed E-state index contributed by atoms with van der Waals surface area (Å²) in [5, 5.41) is 11.9. The van der Waals surface area contributed by atoms with E-state index in [-0.39, 0.29) is 5.91 Å². The van der Waals surface area contributed by atoms with Gasteiger partial charge in [0, 0.05) is 30.5 Å². The zero-order valence-electron chi connectivity index (χ0n) is 17.4. The number of hydrogen-bond donors (Lipinski definition) is 1. The van der Waals surface area contributed by atoms with Crippen molar-refractivity contribution < 1.29 is 32.4 Å². The summed E-state index contributed by atoms with van der Waals surface area (Å²) in [5.74, 6) is -1.26. The Kier molecular flexibility index (Phi) is 6.75. The third kappa shape index (κ3) is 5.59. The summed E-state index contributed by atoms with van der Waals surface area (Å²) < 4.78 is 36.8. The fourth-order valence-corrected chi connectivity index (χ4v) is 3.03. The molecule has 3 aromatic rings. The standard InChI is InChI=1S/C19H20N4O2.C2HF3O2/c1-3-23(11-18-20-12(2)25-22-18)19(24)15-10-17(13-8-9-13)21-16-7-5-4-6-14(15)16;3-2(4,5)1(6)7/h4-7,10,13H,3,8-9,11H2,1-2H3;(H,6,7). The normalized spacial score (nSPS) is 13.4. The molecule has 0 saturated heterocycles. The van der Waals surface area contributed by atoms with Gasteiger partial charge in [-0.15, -0.1) is 0 Å². The number of carbonyl (C=O) groups excluding carboxylic acids is 1. The number of aliphatic carboxylic acids is 1. The van der Waals surface area contributed by atoms with Crippen molar-refractivity contribution in [1.82, 2.24) is 20.0 Å². The van der Waals surface area contributed by atoms with Gasteiger partial charge in [-0.2, -0.15) is 18.2 Å². The maximum absolute atomic E-state index is 13.2. The van der Waals surface area contributed by atoms with Gasteiger partial charge in [-0.1, -0.05) is 23.4 Å². The van der Waals surface area contributed by atoms with Crippen molar-refractivity contribution in [3.63, 3.8) is 0 Å². The summed E-state index contributed by atoms with van der Waals surface area (Å²) in [4.78, 5) is 32.8. The van der Waals surface area contributed by atoms with Crippen LogP contribution in [0.25, 0.3) is 10.9 Å². The zero-order valence-corrected chi connectivity index (χ0v) is 17.4. The first-order valence-electron chi connectivity index (χ1n) is 9.88. The van der Waals surface area contributed by atoms with Crippen molar-refractivity contribution in [3.8, 4) is 0 Å². The second-order valence-corrected chi connectivity index (χ2v) is 7.24. The molecule has 1 saturated carbocycles. The van der Waals surface area contributed by atoms with Crippen LogP contribution in [0.5, 0.6) is 0 Å². The number of hydrogen-bond acceptors (Lipinski definition) is 6. The summed E-state index contributed by atoms with van der Waals surface area (Å²) in [6.07, 6.45) is -2.78. The highest BCUT2D eigenvalue weighted by Gasteiger charge is 2.38. The van der Waals surface area contributed by atoms with Crippen LogP contribution in [-0.2, 0) is 11.3 Å². The lowest BCUT2D eigenvalue weighted by molar-refractivity contribution is -0.192. The molecule has 0 spiro atoms. The Bertz CT molecular complexity index is 1130. The number of nitrogens with zero attached hydrogens (tertiary/aromatic N) is 4. The molecule has 2 aromatic heterocycles. The van der Waals surface area contributed by atoms with Gasteiger partial charge in [0.2, 0.25) is 5.89 Å². The molecule has 4 rings (SSSR count). The van der Waals surface area contributed by atoms with Gasteiger partial charge in [-0.3, -0.25) is 9.78 Å². The molecule has 1 aromatic carbocycles. The van der Waals surface area contributed by atoms with Gasteiger partial charge < -0.3 is 14.5 Å². The summed E-state index contributed by atoms with van der Waals surface area (Å²) in [7, 11) is 0. The molecule has 1 aliphatic carbocycles. The first-order chi connectivity index (χ1) is 15.1. The third-order valence-electron chi connectivity index (χ3n) is 4.78. The summed E-state index contributed by atoms with van der Waals surface area (Å²) in [6, 6.07) is 9.79. The van der Waals surface area contributed by atoms with E-state index in [2.05, 4.69) is 10.1 Å². The maximum atomic E-state index is 13.2. The van der Waals surface area contributed by atoms with Gasteiger partial charge in [-0.25, -0.2) is 4.79 Å². The quantitative estimate of drug-likeness (QED) is 0.623. The van der Waals surface area contributed by atoms with Crippen LogP contribution < -0.4 is 0 Å². The smallest absolute Gasteiger partial charge is 0.475 e. The van der Waals surface area contributed by atoms with Crippen molar-refractivity contribution in [2.45, 2.75) is 45.3 Å². The lowest BCUT2D eigenvalue weighted by atomic mass is 10.0. The van der Waals surface area contributed by atoms with Crippen LogP contribution in [0.2, 0.25) is 0 Å². The van der Waals surface area contributed by atoms with E-state index >= 15 is 0 Å². The minimum Gasteiger partial charge on any atom is -0.475 e. The van der Waals surface area contributed by atoms with E-state index in [1.54, 1.807) is 11.8 Å². The fourth-order valence-electron chi connectivity index (χ4n) is 3.03. The summed E-state index contributed by atoms with van der Waals surface area (Å²) in [6.45, 7) is 4.60. The van der Waals surface area contributed by atoms with Crippen molar-refractivity contribution in [2.75, 3.05) is 6.54 Å². The Morgan fingerprint density at radius 2 is 1.88 bits per heavy atom. The number of para-hydroxylation sites is 1. The topological polar surface area (TPSA) is 109 Å². The van der Waals surface area contributed by atoms with Gasteiger partial charge >= 0.3 is 12.1 Å². The van der Waals surface area contributed by atoms with Gasteiger partial charge in [0.1, 0.15) is 0 Å². The molecule has 32 heavy (non-hydrogen) atoms. The van der Waals surface area contributed by atoms with Crippen LogP contribution in [0.15, 0.2) is 34.9 Å². The molecule has 1 N–H and O–H groups in total. The first kappa shape index (κ1) is 23.2. The number of halogens is 3. The Balaban J connectivity index is 0.000000360. The van der Waals surface area contributed by atoms with Crippen molar-refractivity contribution in [3.05, 3.63) is 53.3 Å². The van der Waals surface area contributed by atoms with E-state index in [0.29, 0.717) is 36.3 Å². The number of pyridine rings is 1. The van der Waals surface area contributed by atoms with Crippen molar-refractivity contribution in [2.24, 2.45) is 0 Å². The molecule has 0 bridgehead atoms. The van der Waals surface area contributed by atoms with Gasteiger partial charge in [0.25, 0.3) is 5.91 Å². The lowest BCUT2D eigenvalue weighted by Gasteiger charge is -2.20. The summed E-state index contributed by atoms with van der Waals surface area (Å²) >= 11 is 0. The minimum absolute atomic E-state index is 0.0227. The average molecular weight is 450 g/mol. The van der Waals surface area contributed by atoms with Crippen LogP contribution in [0, 0.1) is 6.92 Å². The predicted octanol–water partition coefficient (Wildman–Crippen LogP) is 4.10. The monoisotopic (exact) mass is 450 g/mol. The molecule has 8 nitrogen and oxygen atoms in total. The highest BCUT2D eigenvalue weighted by molar-refractivity contribution is 6.06. The average Bonchev–Trinajstić information content (AvgIpc) is 3.52. The largest absolute Gasteiger partial charge is 0.490 e. The molecule has 1 amide bonds. The number of aryl methyl sites for hydroxylation is 1. The molecule has 1 fully saturated rings. The Morgan fingerprint density at radius 1 is 1.22 bits per heavy atom. The summed E-state index contributed by atoms with van der Waals surface area (Å²) in [5.41, 5.74) is 2.60. The molecule has 0 radical (unpaired) electrons. The van der Waals surface area contributed by atoms with Gasteiger partial charge in [0.15, 0.2) is 5.82 Å². The first-order valence-corrected chi connectivity index (χ1v) is 9.88. The number of carbonyl (C=O) groups is 2. The number of benzene rings is 1. The maximum Gasteiger partial charge on any atom is 0.490 e. The Morgan fingerprint density at radius 3 is 2.41 bits per heavy atom. The minimum atomic E-state index is -5.08. The Hall–Kier alpha value is -3.50. The second-order valence-electron chi connectivity index (χ2n) is 7.24. The number of rotatable bonds is 5. The lowest BCUT2D eigenvalue weighted by Crippen LogP contribution is -2.31. The number of aromatic nitrogens is 3. The molecule has 0 aliphatic heterocycles. The number of carboxylic acids is 1. The predicted molar refractivity (Wildman–Crippen MR) is 107 cm³/mol. The van der Waals surface area contributed by atoms with E-state index in [1.165, 1.54) is 0 Å². The van der Waals surface area contributed by atoms with Crippen LogP contribution in [-0.4, -0.2) is 49.7 Å². The third-order valence-corrected chi connectivity index (χ3v) is 4.78. The van der Waals surface area contributed by atoms with Crippen LogP contribution in [0.1, 0.15) is 53.5 Å². The van der Waals surface area contributed by atoms with Crippen molar-refractivity contribution in [1.29, 1.82) is 0 Å². The highest BCUT2D eigenvalue weighted by atomic mass is 19.4. The molecule has 0 atom stereocenters. The van der Waals surface area contributed by atoms with Gasteiger partial charge in [-0.05, 0) is 31.9 Å². The van der Waals surface area contributed by atoms with E-state index in [4.69, 9.17) is 19.4 Å². The van der Waals surface area contributed by atoms with E-state index in [1.807, 2.05) is 37.3 Å². The van der Waals surface area contributed by atoms with Crippen LogP contribution >= 0.6 is 0 Å². The van der Waals surface area contributed by atoms with E-state index < -0.39 is 12.1 Å². The number of carboxylic acid groups (broad SMARTS) is 1. The molecule has 11 heteroatoms. The molecular weight excluding hydrogens is 429 g/mol. The SMILES string of the molecule is CCN(Cc1noc(C)n1)C(=O)c1cc(C2CC2)nc2ccccc12.O=C(O)C(F)(F)F. The molecule has 2 heterocycles. The van der Waals surface area contributed by atoms with Gasteiger partial charge in [0.05, 0.1) is 17.6 Å². The molecule has 1 aliphatic rings. The zero-order chi connectivity index (χ0) is 23.5. The number of amides is 1. The van der Waals surface area contributed by atoms with Crippen LogP contribution in [0.3, 0.4) is 0 Å². The van der Waals surface area contributed by atoms with Crippen LogP contribution in [0.4, 0.5) is 13.2 Å². The molecule has 0 unspecified atom stereocenters. The fraction of sp³-hybridized carbons (Fsp3) is 0.381. The molecule has 170 valence electrons. The highest BCUT2D eigenvalue weighted by Crippen LogP contribution is 2.40. The number of alkyl halides is 3. The van der Waals surface area contributed by atoms with E-state index in [9.17, 15) is 18.0 Å². The Labute approximate surface area is 181 Å². The molecular formula is C21H21F3N4O4. The second kappa shape index (κ2) is 9.33. The number of fused-ring (bicyclic) bond motifs is 1.